The second kappa shape index (κ2) is 5.87. The van der Waals surface area contributed by atoms with Crippen LogP contribution >= 0.6 is 0 Å². The van der Waals surface area contributed by atoms with Crippen molar-refractivity contribution < 1.29 is 4.79 Å². The summed E-state index contributed by atoms with van der Waals surface area (Å²) < 4.78 is 3.74. The molecule has 8 nitrogen and oxygen atoms in total. The van der Waals surface area contributed by atoms with Crippen molar-refractivity contribution in [2.75, 3.05) is 18.9 Å². The minimum atomic E-state index is -0.0220. The Bertz CT molecular complexity index is 928. The molecule has 0 saturated carbocycles. The van der Waals surface area contributed by atoms with Crippen molar-refractivity contribution in [2.24, 2.45) is 20.0 Å². The number of carbonyl (C=O) groups is 1. The van der Waals surface area contributed by atoms with Gasteiger partial charge in [-0.1, -0.05) is 0 Å². The van der Waals surface area contributed by atoms with Gasteiger partial charge in [0.15, 0.2) is 5.65 Å². The minimum absolute atomic E-state index is 0.0220. The lowest BCUT2D eigenvalue weighted by Crippen LogP contribution is -2.28. The van der Waals surface area contributed by atoms with E-state index in [9.17, 15) is 4.79 Å². The third kappa shape index (κ3) is 2.54. The van der Waals surface area contributed by atoms with Gasteiger partial charge >= 0.3 is 0 Å². The number of likely N-dealkylation sites (tertiary alicyclic amines) is 1. The minimum Gasteiger partial charge on any atom is -0.384 e. The smallest absolute Gasteiger partial charge is 0.223 e. The lowest BCUT2D eigenvalue weighted by Gasteiger charge is -2.25. The fourth-order valence-corrected chi connectivity index (χ4v) is 3.62. The molecule has 1 aliphatic heterocycles. The number of aromatic nitrogens is 5. The Balaban J connectivity index is 1.59. The van der Waals surface area contributed by atoms with E-state index in [1.807, 2.05) is 44.2 Å². The summed E-state index contributed by atoms with van der Waals surface area (Å²) >= 11 is 0. The summed E-state index contributed by atoms with van der Waals surface area (Å²) in [4.78, 5) is 22.9. The summed E-state index contributed by atoms with van der Waals surface area (Å²) in [6, 6.07) is 1.92. The van der Waals surface area contributed by atoms with Crippen LogP contribution in [0.4, 0.5) is 5.69 Å². The fourth-order valence-electron chi connectivity index (χ4n) is 3.62. The monoisotopic (exact) mass is 339 g/mol. The normalized spacial score (nSPS) is 20.6. The number of carbonyl (C=O) groups excluding carboxylic acids is 1. The maximum atomic E-state index is 12.3. The first-order valence-corrected chi connectivity index (χ1v) is 8.29. The van der Waals surface area contributed by atoms with E-state index in [2.05, 4.69) is 20.4 Å². The van der Waals surface area contributed by atoms with E-state index in [0.29, 0.717) is 13.0 Å². The van der Waals surface area contributed by atoms with Crippen molar-refractivity contribution >= 4 is 22.6 Å². The predicted molar refractivity (Wildman–Crippen MR) is 93.8 cm³/mol. The molecule has 1 aliphatic rings. The number of amides is 1. The van der Waals surface area contributed by atoms with Crippen molar-refractivity contribution in [3.05, 3.63) is 36.7 Å². The molecule has 4 heterocycles. The van der Waals surface area contributed by atoms with Gasteiger partial charge in [-0.3, -0.25) is 9.48 Å². The molecule has 0 radical (unpaired) electrons. The number of rotatable bonds is 4. The molecular formula is C17H21N7O. The third-order valence-corrected chi connectivity index (χ3v) is 5.01. The highest BCUT2D eigenvalue weighted by Gasteiger charge is 2.40. The molecule has 3 aromatic rings. The highest BCUT2D eigenvalue weighted by atomic mass is 16.2. The number of hydrogen-bond acceptors (Lipinski definition) is 5. The molecule has 1 N–H and O–H groups in total. The number of anilines is 1. The van der Waals surface area contributed by atoms with Gasteiger partial charge in [-0.25, -0.2) is 9.97 Å². The maximum absolute atomic E-state index is 12.3. The number of aryl methyl sites for hydroxylation is 2. The van der Waals surface area contributed by atoms with Crippen LogP contribution in [0.5, 0.6) is 0 Å². The molecule has 25 heavy (non-hydrogen) atoms. The largest absolute Gasteiger partial charge is 0.384 e. The van der Waals surface area contributed by atoms with Crippen LogP contribution in [0.1, 0.15) is 18.3 Å². The van der Waals surface area contributed by atoms with Crippen LogP contribution in [0.15, 0.2) is 30.9 Å². The average molecular weight is 339 g/mol. The van der Waals surface area contributed by atoms with Crippen LogP contribution in [-0.4, -0.2) is 48.7 Å². The van der Waals surface area contributed by atoms with Crippen LogP contribution in [0.25, 0.3) is 11.0 Å². The van der Waals surface area contributed by atoms with Crippen molar-refractivity contribution in [1.82, 2.24) is 29.2 Å². The Morgan fingerprint density at radius 1 is 1.24 bits per heavy atom. The Kier molecular flexibility index (Phi) is 3.67. The first-order chi connectivity index (χ1) is 12.1. The quantitative estimate of drug-likeness (QED) is 0.776. The molecule has 1 amide bonds. The molecule has 0 unspecified atom stereocenters. The van der Waals surface area contributed by atoms with E-state index in [-0.39, 0.29) is 17.9 Å². The summed E-state index contributed by atoms with van der Waals surface area (Å²) in [6.45, 7) is 0.682. The molecular weight excluding hydrogens is 318 g/mol. The number of hydrogen-bond donors (Lipinski definition) is 1. The Hall–Kier alpha value is -2.90. The van der Waals surface area contributed by atoms with E-state index in [1.165, 1.54) is 0 Å². The van der Waals surface area contributed by atoms with Crippen LogP contribution in [0, 0.1) is 5.92 Å². The first-order valence-electron chi connectivity index (χ1n) is 8.29. The Labute approximate surface area is 145 Å². The number of nitrogens with zero attached hydrogens (tertiary/aromatic N) is 6. The average Bonchev–Trinajstić information content (AvgIpc) is 3.26. The molecule has 4 rings (SSSR count). The lowest BCUT2D eigenvalue weighted by molar-refractivity contribution is -0.127. The second-order valence-electron chi connectivity index (χ2n) is 6.55. The highest BCUT2D eigenvalue weighted by molar-refractivity contribution is 5.88. The van der Waals surface area contributed by atoms with Gasteiger partial charge in [0.2, 0.25) is 5.91 Å². The zero-order valence-corrected chi connectivity index (χ0v) is 14.5. The van der Waals surface area contributed by atoms with Crippen LogP contribution < -0.4 is 5.32 Å². The molecule has 0 spiro atoms. The van der Waals surface area contributed by atoms with E-state index in [1.54, 1.807) is 22.0 Å². The Morgan fingerprint density at radius 3 is 2.84 bits per heavy atom. The summed E-state index contributed by atoms with van der Waals surface area (Å²) in [5.74, 6) is 1.22. The van der Waals surface area contributed by atoms with E-state index >= 15 is 0 Å². The number of fused-ring (bicyclic) bond motifs is 1. The standard InChI is InChI=1S/C17H21N7O/c1-22-7-6-19-17(22)15-11(8-14(25)23(15)2)9-20-13-4-5-18-16-12(13)10-21-24(16)3/h4-7,10-11,15H,8-9H2,1-3H3,(H,18,20)/t11-,15+/m0/s1. The molecule has 130 valence electrons. The highest BCUT2D eigenvalue weighted by Crippen LogP contribution is 2.36. The summed E-state index contributed by atoms with van der Waals surface area (Å²) in [5.41, 5.74) is 1.82. The van der Waals surface area contributed by atoms with Crippen molar-refractivity contribution in [3.63, 3.8) is 0 Å². The van der Waals surface area contributed by atoms with E-state index < -0.39 is 0 Å². The van der Waals surface area contributed by atoms with Crippen LogP contribution in [0.3, 0.4) is 0 Å². The molecule has 0 aromatic carbocycles. The Morgan fingerprint density at radius 2 is 2.08 bits per heavy atom. The number of nitrogens with one attached hydrogen (secondary N) is 1. The van der Waals surface area contributed by atoms with E-state index in [0.717, 1.165) is 22.5 Å². The number of pyridine rings is 1. The van der Waals surface area contributed by atoms with Gasteiger partial charge in [-0.05, 0) is 6.07 Å². The summed E-state index contributed by atoms with van der Waals surface area (Å²) in [6.07, 6.45) is 7.79. The topological polar surface area (TPSA) is 80.9 Å². The molecule has 2 atom stereocenters. The predicted octanol–water partition coefficient (Wildman–Crippen LogP) is 1.33. The zero-order valence-electron chi connectivity index (χ0n) is 14.5. The van der Waals surface area contributed by atoms with Gasteiger partial charge in [-0.15, -0.1) is 0 Å². The molecule has 8 heteroatoms. The first kappa shape index (κ1) is 15.6. The van der Waals surface area contributed by atoms with Gasteiger partial charge in [0.25, 0.3) is 0 Å². The van der Waals surface area contributed by atoms with Crippen LogP contribution in [-0.2, 0) is 18.9 Å². The molecule has 0 bridgehead atoms. The van der Waals surface area contributed by atoms with Crippen molar-refractivity contribution in [1.29, 1.82) is 0 Å². The zero-order chi connectivity index (χ0) is 17.6. The van der Waals surface area contributed by atoms with Crippen molar-refractivity contribution in [3.8, 4) is 0 Å². The molecule has 3 aromatic heterocycles. The lowest BCUT2D eigenvalue weighted by atomic mass is 9.99. The third-order valence-electron chi connectivity index (χ3n) is 5.01. The summed E-state index contributed by atoms with van der Waals surface area (Å²) in [5, 5.41) is 8.73. The fraction of sp³-hybridized carbons (Fsp3) is 0.412. The molecule has 1 fully saturated rings. The molecule has 0 aliphatic carbocycles. The van der Waals surface area contributed by atoms with Gasteiger partial charge in [0, 0.05) is 64.3 Å². The molecule has 1 saturated heterocycles. The van der Waals surface area contributed by atoms with Gasteiger partial charge in [0.05, 0.1) is 17.6 Å². The van der Waals surface area contributed by atoms with Crippen LogP contribution in [0.2, 0.25) is 0 Å². The SMILES string of the molecule is CN1C(=O)C[C@@H](CNc2ccnc3c2cnn3C)[C@@H]1c1nccn1C. The second-order valence-corrected chi connectivity index (χ2v) is 6.55. The van der Waals surface area contributed by atoms with E-state index in [4.69, 9.17) is 0 Å². The maximum Gasteiger partial charge on any atom is 0.223 e. The van der Waals surface area contributed by atoms with Crippen molar-refractivity contribution in [2.45, 2.75) is 12.5 Å². The number of imidazole rings is 1. The van der Waals surface area contributed by atoms with Gasteiger partial charge < -0.3 is 14.8 Å². The van der Waals surface area contributed by atoms with Gasteiger partial charge in [0.1, 0.15) is 5.82 Å². The van der Waals surface area contributed by atoms with Gasteiger partial charge in [-0.2, -0.15) is 5.10 Å². The summed E-state index contributed by atoms with van der Waals surface area (Å²) in [7, 11) is 5.69.